The Morgan fingerprint density at radius 1 is 0.964 bits per heavy atom. The first-order valence-electron chi connectivity index (χ1n) is 11.0. The van der Waals surface area contributed by atoms with Crippen LogP contribution in [0.3, 0.4) is 0 Å². The summed E-state index contributed by atoms with van der Waals surface area (Å²) in [5.41, 5.74) is 1.24. The highest BCUT2D eigenvalue weighted by atomic mass is 15.6. The number of piperazine rings is 1. The second kappa shape index (κ2) is 9.14. The molecule has 2 aromatic rings. The molecule has 6 heteroatoms. The third kappa shape index (κ3) is 4.44. The second-order valence-corrected chi connectivity index (χ2v) is 8.73. The number of benzene rings is 1. The monoisotopic (exact) mass is 382 g/mol. The van der Waals surface area contributed by atoms with Gasteiger partial charge in [-0.05, 0) is 34.7 Å². The third-order valence-electron chi connectivity index (χ3n) is 6.46. The molecule has 1 saturated heterocycles. The van der Waals surface area contributed by atoms with Gasteiger partial charge in [0.1, 0.15) is 0 Å². The number of nitrogens with zero attached hydrogens (tertiary/aromatic N) is 6. The molecule has 1 aromatic carbocycles. The molecule has 2 heterocycles. The summed E-state index contributed by atoms with van der Waals surface area (Å²) in [6.07, 6.45) is 7.03. The van der Waals surface area contributed by atoms with E-state index in [0.717, 1.165) is 31.5 Å². The SMILES string of the molecule is CC(C)C(c1nnnn1Cc1ccccc1)N1CCN(C2CCCCC2)CC1. The molecule has 0 spiro atoms. The van der Waals surface area contributed by atoms with E-state index in [4.69, 9.17) is 0 Å². The molecule has 4 rings (SSSR count). The van der Waals surface area contributed by atoms with E-state index in [-0.39, 0.29) is 6.04 Å². The highest BCUT2D eigenvalue weighted by molar-refractivity contribution is 5.15. The lowest BCUT2D eigenvalue weighted by atomic mass is 9.93. The Hall–Kier alpha value is -1.79. The van der Waals surface area contributed by atoms with E-state index in [1.54, 1.807) is 0 Å². The van der Waals surface area contributed by atoms with Crippen molar-refractivity contribution in [1.29, 1.82) is 0 Å². The number of rotatable bonds is 6. The van der Waals surface area contributed by atoms with Crippen molar-refractivity contribution in [2.75, 3.05) is 26.2 Å². The molecule has 0 radical (unpaired) electrons. The van der Waals surface area contributed by atoms with Gasteiger partial charge in [0, 0.05) is 32.2 Å². The van der Waals surface area contributed by atoms with Crippen molar-refractivity contribution in [3.05, 3.63) is 41.7 Å². The molecule has 0 N–H and O–H groups in total. The third-order valence-corrected chi connectivity index (χ3v) is 6.46. The first-order valence-corrected chi connectivity index (χ1v) is 11.0. The molecule has 1 atom stereocenters. The van der Waals surface area contributed by atoms with Crippen LogP contribution in [0, 0.1) is 5.92 Å². The first kappa shape index (κ1) is 19.5. The number of tetrazole rings is 1. The summed E-state index contributed by atoms with van der Waals surface area (Å²) in [6.45, 7) is 9.88. The summed E-state index contributed by atoms with van der Waals surface area (Å²) < 4.78 is 1.99. The van der Waals surface area contributed by atoms with Gasteiger partial charge in [-0.2, -0.15) is 0 Å². The number of aromatic nitrogens is 4. The molecular weight excluding hydrogens is 348 g/mol. The summed E-state index contributed by atoms with van der Waals surface area (Å²) >= 11 is 0. The molecule has 28 heavy (non-hydrogen) atoms. The normalized spacial score (nSPS) is 21.2. The molecule has 1 aliphatic carbocycles. The van der Waals surface area contributed by atoms with Crippen molar-refractivity contribution >= 4 is 0 Å². The van der Waals surface area contributed by atoms with Crippen molar-refractivity contribution in [2.45, 2.75) is 64.6 Å². The minimum absolute atomic E-state index is 0.271. The molecule has 152 valence electrons. The average Bonchev–Trinajstić information content (AvgIpc) is 3.17. The quantitative estimate of drug-likeness (QED) is 0.767. The van der Waals surface area contributed by atoms with Gasteiger partial charge < -0.3 is 0 Å². The second-order valence-electron chi connectivity index (χ2n) is 8.73. The van der Waals surface area contributed by atoms with E-state index in [2.05, 4.69) is 63.4 Å². The minimum Gasteiger partial charge on any atom is -0.298 e. The van der Waals surface area contributed by atoms with E-state index in [1.165, 1.54) is 50.8 Å². The van der Waals surface area contributed by atoms with Crippen LogP contribution < -0.4 is 0 Å². The molecule has 1 saturated carbocycles. The smallest absolute Gasteiger partial charge is 0.169 e. The Bertz CT molecular complexity index is 714. The predicted molar refractivity (Wildman–Crippen MR) is 111 cm³/mol. The Balaban J connectivity index is 1.44. The van der Waals surface area contributed by atoms with Gasteiger partial charge in [-0.25, -0.2) is 4.68 Å². The number of hydrogen-bond acceptors (Lipinski definition) is 5. The summed E-state index contributed by atoms with van der Waals surface area (Å²) in [5, 5.41) is 12.8. The average molecular weight is 383 g/mol. The highest BCUT2D eigenvalue weighted by Crippen LogP contribution is 2.30. The molecule has 2 fully saturated rings. The molecule has 1 aliphatic heterocycles. The van der Waals surface area contributed by atoms with Crippen LogP contribution in [0.4, 0.5) is 0 Å². The lowest BCUT2D eigenvalue weighted by molar-refractivity contribution is 0.0394. The fourth-order valence-corrected chi connectivity index (χ4v) is 5.00. The van der Waals surface area contributed by atoms with Crippen molar-refractivity contribution in [1.82, 2.24) is 30.0 Å². The van der Waals surface area contributed by atoms with Crippen LogP contribution in [0.2, 0.25) is 0 Å². The van der Waals surface area contributed by atoms with E-state index in [1.807, 2.05) is 10.7 Å². The lowest BCUT2D eigenvalue weighted by Gasteiger charge is -2.43. The van der Waals surface area contributed by atoms with Crippen LogP contribution in [0.25, 0.3) is 0 Å². The standard InChI is InChI=1S/C22H34N6/c1-18(2)21(22-23-24-25-28(22)17-19-9-5-3-6-10-19)27-15-13-26(14-16-27)20-11-7-4-8-12-20/h3,5-6,9-10,18,20-21H,4,7-8,11-17H2,1-2H3. The van der Waals surface area contributed by atoms with Crippen molar-refractivity contribution in [3.8, 4) is 0 Å². The molecule has 1 unspecified atom stereocenters. The van der Waals surface area contributed by atoms with Gasteiger partial charge in [0.15, 0.2) is 5.82 Å². The summed E-state index contributed by atoms with van der Waals surface area (Å²) in [7, 11) is 0. The maximum absolute atomic E-state index is 4.46. The fourth-order valence-electron chi connectivity index (χ4n) is 5.00. The Labute approximate surface area is 168 Å². The van der Waals surface area contributed by atoms with E-state index in [0.29, 0.717) is 5.92 Å². The van der Waals surface area contributed by atoms with Crippen LogP contribution in [-0.4, -0.2) is 62.2 Å². The van der Waals surface area contributed by atoms with Crippen molar-refractivity contribution in [2.24, 2.45) is 5.92 Å². The summed E-state index contributed by atoms with van der Waals surface area (Å²) in [5.74, 6) is 1.48. The summed E-state index contributed by atoms with van der Waals surface area (Å²) in [6, 6.07) is 11.6. The minimum atomic E-state index is 0.271. The van der Waals surface area contributed by atoms with Gasteiger partial charge >= 0.3 is 0 Å². The van der Waals surface area contributed by atoms with E-state index < -0.39 is 0 Å². The van der Waals surface area contributed by atoms with Gasteiger partial charge in [-0.15, -0.1) is 5.10 Å². The zero-order valence-corrected chi connectivity index (χ0v) is 17.4. The topological polar surface area (TPSA) is 50.1 Å². The first-order chi connectivity index (χ1) is 13.7. The van der Waals surface area contributed by atoms with Crippen LogP contribution in [0.15, 0.2) is 30.3 Å². The van der Waals surface area contributed by atoms with Gasteiger partial charge in [0.2, 0.25) is 0 Å². The summed E-state index contributed by atoms with van der Waals surface area (Å²) in [4.78, 5) is 5.34. The molecule has 2 aliphatic rings. The Morgan fingerprint density at radius 3 is 2.36 bits per heavy atom. The van der Waals surface area contributed by atoms with Gasteiger partial charge in [-0.1, -0.05) is 63.4 Å². The van der Waals surface area contributed by atoms with Gasteiger partial charge in [0.25, 0.3) is 0 Å². The van der Waals surface area contributed by atoms with Crippen LogP contribution in [0.5, 0.6) is 0 Å². The highest BCUT2D eigenvalue weighted by Gasteiger charge is 2.33. The van der Waals surface area contributed by atoms with E-state index >= 15 is 0 Å². The van der Waals surface area contributed by atoms with Crippen LogP contribution in [-0.2, 0) is 6.54 Å². The predicted octanol–water partition coefficient (Wildman–Crippen LogP) is 3.37. The zero-order chi connectivity index (χ0) is 19.3. The van der Waals surface area contributed by atoms with Gasteiger partial charge in [0.05, 0.1) is 12.6 Å². The molecule has 0 amide bonds. The molecule has 0 bridgehead atoms. The Kier molecular flexibility index (Phi) is 6.37. The number of hydrogen-bond donors (Lipinski definition) is 0. The van der Waals surface area contributed by atoms with Crippen LogP contribution >= 0.6 is 0 Å². The Morgan fingerprint density at radius 2 is 1.68 bits per heavy atom. The largest absolute Gasteiger partial charge is 0.298 e. The molecular formula is C22H34N6. The van der Waals surface area contributed by atoms with E-state index in [9.17, 15) is 0 Å². The van der Waals surface area contributed by atoms with Crippen molar-refractivity contribution < 1.29 is 0 Å². The maximum Gasteiger partial charge on any atom is 0.169 e. The van der Waals surface area contributed by atoms with Crippen LogP contribution in [0.1, 0.15) is 63.4 Å². The molecule has 1 aromatic heterocycles. The zero-order valence-electron chi connectivity index (χ0n) is 17.4. The van der Waals surface area contributed by atoms with Gasteiger partial charge in [-0.3, -0.25) is 9.80 Å². The fraction of sp³-hybridized carbons (Fsp3) is 0.682. The van der Waals surface area contributed by atoms with Crippen molar-refractivity contribution in [3.63, 3.8) is 0 Å². The maximum atomic E-state index is 4.46. The molecule has 6 nitrogen and oxygen atoms in total. The lowest BCUT2D eigenvalue weighted by Crippen LogP contribution is -2.52.